The summed E-state index contributed by atoms with van der Waals surface area (Å²) < 4.78 is 11.9. The molecular weight excluding hydrogens is 328 g/mol. The summed E-state index contributed by atoms with van der Waals surface area (Å²) >= 11 is 0. The number of hydrogen-bond donors (Lipinski definition) is 1. The standard InChI is InChI=1S/C20H22N4O2/c1-2-17-15(4-8-21-17)19(3-1)26-14-5-9-24(10-6-14)20-16-12-25-11-7-18(16)22-13-23-20/h1-4,8,13-14,21H,5-7,9-12H2. The van der Waals surface area contributed by atoms with Crippen LogP contribution in [-0.2, 0) is 17.8 Å². The second-order valence-electron chi connectivity index (χ2n) is 6.92. The van der Waals surface area contributed by atoms with E-state index >= 15 is 0 Å². The molecule has 1 aromatic carbocycles. The van der Waals surface area contributed by atoms with Crippen molar-refractivity contribution in [3.05, 3.63) is 48.0 Å². The minimum absolute atomic E-state index is 0.237. The molecule has 3 aromatic rings. The van der Waals surface area contributed by atoms with Crippen LogP contribution in [0.2, 0.25) is 0 Å². The normalized spacial score (nSPS) is 18.1. The molecule has 2 aliphatic rings. The van der Waals surface area contributed by atoms with Crippen molar-refractivity contribution in [2.24, 2.45) is 0 Å². The Bertz CT molecular complexity index is 915. The molecule has 2 aliphatic heterocycles. The molecule has 0 unspecified atom stereocenters. The second-order valence-corrected chi connectivity index (χ2v) is 6.92. The second kappa shape index (κ2) is 6.61. The van der Waals surface area contributed by atoms with Crippen LogP contribution in [0.1, 0.15) is 24.1 Å². The first kappa shape index (κ1) is 15.6. The summed E-state index contributed by atoms with van der Waals surface area (Å²) in [5.41, 5.74) is 3.42. The summed E-state index contributed by atoms with van der Waals surface area (Å²) in [5.74, 6) is 2.01. The van der Waals surface area contributed by atoms with Crippen LogP contribution in [0.25, 0.3) is 10.9 Å². The highest BCUT2D eigenvalue weighted by molar-refractivity contribution is 5.85. The Morgan fingerprint density at radius 2 is 2.08 bits per heavy atom. The third-order valence-electron chi connectivity index (χ3n) is 5.33. The molecule has 6 nitrogen and oxygen atoms in total. The molecule has 1 saturated heterocycles. The summed E-state index contributed by atoms with van der Waals surface area (Å²) in [6, 6.07) is 8.25. The van der Waals surface area contributed by atoms with Gasteiger partial charge in [0.25, 0.3) is 0 Å². The van der Waals surface area contributed by atoms with Gasteiger partial charge in [-0.1, -0.05) is 6.07 Å². The van der Waals surface area contributed by atoms with Crippen molar-refractivity contribution in [3.63, 3.8) is 0 Å². The molecule has 1 fully saturated rings. The van der Waals surface area contributed by atoms with Crippen molar-refractivity contribution in [1.82, 2.24) is 15.0 Å². The first-order valence-corrected chi connectivity index (χ1v) is 9.27. The van der Waals surface area contributed by atoms with Gasteiger partial charge in [-0.15, -0.1) is 0 Å². The predicted molar refractivity (Wildman–Crippen MR) is 99.6 cm³/mol. The van der Waals surface area contributed by atoms with Gasteiger partial charge >= 0.3 is 0 Å². The van der Waals surface area contributed by atoms with Gasteiger partial charge in [0, 0.05) is 55.0 Å². The van der Waals surface area contributed by atoms with Crippen LogP contribution in [0.4, 0.5) is 5.82 Å². The number of aromatic amines is 1. The minimum atomic E-state index is 0.237. The minimum Gasteiger partial charge on any atom is -0.490 e. The van der Waals surface area contributed by atoms with E-state index < -0.39 is 0 Å². The zero-order valence-electron chi connectivity index (χ0n) is 14.6. The van der Waals surface area contributed by atoms with E-state index in [9.17, 15) is 0 Å². The first-order valence-electron chi connectivity index (χ1n) is 9.27. The summed E-state index contributed by atoms with van der Waals surface area (Å²) in [4.78, 5) is 14.6. The molecule has 5 rings (SSSR count). The van der Waals surface area contributed by atoms with E-state index in [4.69, 9.17) is 9.47 Å². The molecule has 0 spiro atoms. The lowest BCUT2D eigenvalue weighted by Gasteiger charge is -2.34. The predicted octanol–water partition coefficient (Wildman–Crippen LogP) is 3.08. The van der Waals surface area contributed by atoms with E-state index in [-0.39, 0.29) is 6.10 Å². The van der Waals surface area contributed by atoms with Gasteiger partial charge in [0.2, 0.25) is 0 Å². The molecule has 0 atom stereocenters. The molecule has 0 amide bonds. The SMILES string of the molecule is c1cc(OC2CCN(c3ncnc4c3COCC4)CC2)c2cc[nH]c2c1. The number of nitrogens with zero attached hydrogens (tertiary/aromatic N) is 3. The maximum atomic E-state index is 6.32. The number of piperidine rings is 1. The molecule has 134 valence electrons. The summed E-state index contributed by atoms with van der Waals surface area (Å²) in [5, 5.41) is 1.15. The molecule has 2 aromatic heterocycles. The number of fused-ring (bicyclic) bond motifs is 2. The van der Waals surface area contributed by atoms with Crippen molar-refractivity contribution in [3.8, 4) is 5.75 Å². The number of benzene rings is 1. The Morgan fingerprint density at radius 3 is 3.00 bits per heavy atom. The van der Waals surface area contributed by atoms with Gasteiger partial charge in [0.1, 0.15) is 24.0 Å². The molecule has 0 saturated carbocycles. The van der Waals surface area contributed by atoms with E-state index in [0.717, 1.165) is 72.7 Å². The third kappa shape index (κ3) is 2.80. The number of hydrogen-bond acceptors (Lipinski definition) is 5. The molecule has 6 heteroatoms. The first-order chi connectivity index (χ1) is 12.9. The topological polar surface area (TPSA) is 63.3 Å². The number of aromatic nitrogens is 3. The van der Waals surface area contributed by atoms with Crippen LogP contribution in [-0.4, -0.2) is 40.8 Å². The molecule has 0 aliphatic carbocycles. The van der Waals surface area contributed by atoms with E-state index in [2.05, 4.69) is 38.1 Å². The average molecular weight is 350 g/mol. The number of H-pyrrole nitrogens is 1. The van der Waals surface area contributed by atoms with Crippen LogP contribution < -0.4 is 9.64 Å². The van der Waals surface area contributed by atoms with Crippen molar-refractivity contribution in [1.29, 1.82) is 0 Å². The van der Waals surface area contributed by atoms with Gasteiger partial charge in [-0.2, -0.15) is 0 Å². The van der Waals surface area contributed by atoms with Crippen molar-refractivity contribution < 1.29 is 9.47 Å². The Kier molecular flexibility index (Phi) is 3.97. The maximum absolute atomic E-state index is 6.32. The van der Waals surface area contributed by atoms with E-state index in [1.165, 1.54) is 0 Å². The summed E-state index contributed by atoms with van der Waals surface area (Å²) in [6.45, 7) is 3.26. The van der Waals surface area contributed by atoms with Crippen LogP contribution in [0.3, 0.4) is 0 Å². The zero-order valence-corrected chi connectivity index (χ0v) is 14.6. The van der Waals surface area contributed by atoms with Gasteiger partial charge in [-0.3, -0.25) is 0 Å². The summed E-state index contributed by atoms with van der Waals surface area (Å²) in [7, 11) is 0. The van der Waals surface area contributed by atoms with Crippen LogP contribution in [0.5, 0.6) is 5.75 Å². The van der Waals surface area contributed by atoms with Crippen LogP contribution in [0.15, 0.2) is 36.8 Å². The number of nitrogens with one attached hydrogen (secondary N) is 1. The van der Waals surface area contributed by atoms with Crippen LogP contribution in [0, 0.1) is 0 Å². The fourth-order valence-electron chi connectivity index (χ4n) is 3.94. The Hall–Kier alpha value is -2.60. The highest BCUT2D eigenvalue weighted by Gasteiger charge is 2.26. The maximum Gasteiger partial charge on any atom is 0.137 e. The number of ether oxygens (including phenoxy) is 2. The van der Waals surface area contributed by atoms with Gasteiger partial charge in [-0.25, -0.2) is 9.97 Å². The molecule has 0 bridgehead atoms. The highest BCUT2D eigenvalue weighted by Crippen LogP contribution is 2.30. The quantitative estimate of drug-likeness (QED) is 0.786. The number of rotatable bonds is 3. The number of anilines is 1. The molecular formula is C20H22N4O2. The third-order valence-corrected chi connectivity index (χ3v) is 5.33. The van der Waals surface area contributed by atoms with E-state index in [0.29, 0.717) is 6.61 Å². The fourth-order valence-corrected chi connectivity index (χ4v) is 3.94. The monoisotopic (exact) mass is 350 g/mol. The Morgan fingerprint density at radius 1 is 1.15 bits per heavy atom. The van der Waals surface area contributed by atoms with E-state index in [1.807, 2.05) is 12.3 Å². The smallest absolute Gasteiger partial charge is 0.137 e. The van der Waals surface area contributed by atoms with Crippen molar-refractivity contribution in [2.75, 3.05) is 24.6 Å². The van der Waals surface area contributed by atoms with Crippen LogP contribution >= 0.6 is 0 Å². The van der Waals surface area contributed by atoms with Gasteiger partial charge in [0.05, 0.1) is 18.9 Å². The lowest BCUT2D eigenvalue weighted by Crippen LogP contribution is -2.39. The molecule has 0 radical (unpaired) electrons. The molecule has 1 N–H and O–H groups in total. The van der Waals surface area contributed by atoms with Gasteiger partial charge < -0.3 is 19.4 Å². The van der Waals surface area contributed by atoms with Crippen molar-refractivity contribution >= 4 is 16.7 Å². The van der Waals surface area contributed by atoms with Gasteiger partial charge in [0.15, 0.2) is 0 Å². The Balaban J connectivity index is 1.29. The molecule has 26 heavy (non-hydrogen) atoms. The summed E-state index contributed by atoms with van der Waals surface area (Å²) in [6.07, 6.45) is 6.74. The molecule has 4 heterocycles. The Labute approximate surface area is 152 Å². The van der Waals surface area contributed by atoms with Gasteiger partial charge in [-0.05, 0) is 18.2 Å². The highest BCUT2D eigenvalue weighted by atomic mass is 16.5. The van der Waals surface area contributed by atoms with Crippen molar-refractivity contribution in [2.45, 2.75) is 32.0 Å². The zero-order chi connectivity index (χ0) is 17.3. The van der Waals surface area contributed by atoms with E-state index in [1.54, 1.807) is 6.33 Å². The lowest BCUT2D eigenvalue weighted by atomic mass is 10.1. The average Bonchev–Trinajstić information content (AvgIpc) is 3.18. The lowest BCUT2D eigenvalue weighted by molar-refractivity contribution is 0.109. The largest absolute Gasteiger partial charge is 0.490 e. The fraction of sp³-hybridized carbons (Fsp3) is 0.400.